The Kier molecular flexibility index (Phi) is 6.39. The molecule has 0 radical (unpaired) electrons. The molecule has 1 fully saturated rings. The van der Waals surface area contributed by atoms with Crippen LogP contribution in [0.4, 0.5) is 0 Å². The molecule has 26 heavy (non-hydrogen) atoms. The van der Waals surface area contributed by atoms with E-state index in [4.69, 9.17) is 0 Å². The minimum absolute atomic E-state index is 0.0960. The summed E-state index contributed by atoms with van der Waals surface area (Å²) >= 11 is 0. The zero-order valence-corrected chi connectivity index (χ0v) is 15.3. The van der Waals surface area contributed by atoms with Gasteiger partial charge in [-0.1, -0.05) is 78.9 Å². The first-order valence-corrected chi connectivity index (χ1v) is 9.22. The van der Waals surface area contributed by atoms with Gasteiger partial charge in [-0.15, -0.1) is 0 Å². The van der Waals surface area contributed by atoms with Crippen LogP contribution in [0.5, 0.6) is 0 Å². The average Bonchev–Trinajstić information content (AvgIpc) is 2.70. The molecule has 1 aliphatic heterocycles. The zero-order valence-electron chi connectivity index (χ0n) is 15.3. The van der Waals surface area contributed by atoms with Gasteiger partial charge < -0.3 is 4.90 Å². The first kappa shape index (κ1) is 18.2. The highest BCUT2D eigenvalue weighted by molar-refractivity contribution is 5.87. The Bertz CT molecular complexity index is 705. The highest BCUT2D eigenvalue weighted by atomic mass is 16.2. The second kappa shape index (κ2) is 9.16. The Morgan fingerprint density at radius 1 is 0.846 bits per heavy atom. The molecule has 1 heterocycles. The number of benzene rings is 2. The third-order valence-corrected chi connectivity index (χ3v) is 4.76. The highest BCUT2D eigenvalue weighted by Crippen LogP contribution is 2.29. The van der Waals surface area contributed by atoms with E-state index in [1.807, 2.05) is 30.1 Å². The van der Waals surface area contributed by atoms with Gasteiger partial charge in [0, 0.05) is 32.3 Å². The molecule has 0 N–H and O–H groups in total. The van der Waals surface area contributed by atoms with E-state index in [1.165, 1.54) is 11.1 Å². The normalized spacial score (nSPS) is 16.0. The van der Waals surface area contributed by atoms with Crippen molar-refractivity contribution in [2.24, 2.45) is 0 Å². The summed E-state index contributed by atoms with van der Waals surface area (Å²) in [5.41, 5.74) is 2.60. The maximum atomic E-state index is 12.3. The quantitative estimate of drug-likeness (QED) is 0.602. The van der Waals surface area contributed by atoms with E-state index in [9.17, 15) is 4.79 Å². The van der Waals surface area contributed by atoms with Crippen molar-refractivity contribution in [3.05, 3.63) is 96.1 Å². The lowest BCUT2D eigenvalue weighted by Gasteiger charge is -2.39. The molecule has 2 aromatic rings. The molecule has 1 aliphatic rings. The Hall–Kier alpha value is -2.65. The van der Waals surface area contributed by atoms with Crippen molar-refractivity contribution in [3.8, 4) is 0 Å². The topological polar surface area (TPSA) is 23.6 Å². The van der Waals surface area contributed by atoms with Crippen molar-refractivity contribution in [2.75, 3.05) is 26.2 Å². The van der Waals surface area contributed by atoms with Gasteiger partial charge in [-0.05, 0) is 18.1 Å². The summed E-state index contributed by atoms with van der Waals surface area (Å²) in [4.78, 5) is 16.7. The van der Waals surface area contributed by atoms with Gasteiger partial charge in [0.05, 0.1) is 6.04 Å². The molecule has 0 bridgehead atoms. The second-order valence-corrected chi connectivity index (χ2v) is 6.47. The third kappa shape index (κ3) is 4.50. The van der Waals surface area contributed by atoms with Crippen molar-refractivity contribution in [3.63, 3.8) is 0 Å². The average molecular weight is 346 g/mol. The van der Waals surface area contributed by atoms with Gasteiger partial charge in [-0.2, -0.15) is 0 Å². The van der Waals surface area contributed by atoms with E-state index in [2.05, 4.69) is 65.6 Å². The van der Waals surface area contributed by atoms with Crippen LogP contribution in [0.25, 0.3) is 0 Å². The molecule has 3 heteroatoms. The molecule has 0 spiro atoms. The maximum Gasteiger partial charge on any atom is 0.246 e. The summed E-state index contributed by atoms with van der Waals surface area (Å²) in [6.45, 7) is 5.21. The smallest absolute Gasteiger partial charge is 0.246 e. The standard InChI is InChI=1S/C23H26N2O/c1-2-3-6-15-22(26)24-16-18-25(19-17-24)23(20-11-7-4-8-12-20)21-13-9-5-10-14-21/h2-15,23H,16-19H2,1H3/b3-2+,15-6+. The SMILES string of the molecule is C/C=C/C=C/C(=O)N1CCN(C(c2ccccc2)c2ccccc2)CC1. The van der Waals surface area contributed by atoms with E-state index >= 15 is 0 Å². The van der Waals surface area contributed by atoms with Gasteiger partial charge in [0.25, 0.3) is 0 Å². The Morgan fingerprint density at radius 3 is 1.88 bits per heavy atom. The summed E-state index contributed by atoms with van der Waals surface area (Å²) in [5.74, 6) is 0.0960. The van der Waals surface area contributed by atoms with Crippen molar-refractivity contribution in [1.29, 1.82) is 0 Å². The lowest BCUT2D eigenvalue weighted by atomic mass is 9.96. The zero-order chi connectivity index (χ0) is 18.2. The van der Waals surface area contributed by atoms with Gasteiger partial charge in [-0.3, -0.25) is 9.69 Å². The van der Waals surface area contributed by atoms with Crippen LogP contribution in [0.3, 0.4) is 0 Å². The molecule has 134 valence electrons. The minimum Gasteiger partial charge on any atom is -0.337 e. The molecule has 0 unspecified atom stereocenters. The number of amides is 1. The lowest BCUT2D eigenvalue weighted by Crippen LogP contribution is -2.49. The number of nitrogens with zero attached hydrogens (tertiary/aromatic N) is 2. The Balaban J connectivity index is 1.73. The van der Waals surface area contributed by atoms with Crippen molar-refractivity contribution in [1.82, 2.24) is 9.80 Å². The van der Waals surface area contributed by atoms with Crippen LogP contribution in [0.2, 0.25) is 0 Å². The summed E-state index contributed by atoms with van der Waals surface area (Å²) in [6, 6.07) is 21.5. The van der Waals surface area contributed by atoms with E-state index in [1.54, 1.807) is 6.08 Å². The largest absolute Gasteiger partial charge is 0.337 e. The van der Waals surface area contributed by atoms with Crippen LogP contribution in [-0.2, 0) is 4.79 Å². The van der Waals surface area contributed by atoms with Crippen LogP contribution >= 0.6 is 0 Å². The van der Waals surface area contributed by atoms with E-state index < -0.39 is 0 Å². The highest BCUT2D eigenvalue weighted by Gasteiger charge is 2.27. The summed E-state index contributed by atoms with van der Waals surface area (Å²) < 4.78 is 0. The summed E-state index contributed by atoms with van der Waals surface area (Å²) in [7, 11) is 0. The number of carbonyl (C=O) groups excluding carboxylic acids is 1. The number of hydrogen-bond acceptors (Lipinski definition) is 2. The molecule has 0 aromatic heterocycles. The third-order valence-electron chi connectivity index (χ3n) is 4.76. The fraction of sp³-hybridized carbons (Fsp3) is 0.261. The monoisotopic (exact) mass is 346 g/mol. The van der Waals surface area contributed by atoms with Crippen LogP contribution in [0.15, 0.2) is 85.0 Å². The van der Waals surface area contributed by atoms with Gasteiger partial charge in [0.15, 0.2) is 0 Å². The van der Waals surface area contributed by atoms with Crippen molar-refractivity contribution in [2.45, 2.75) is 13.0 Å². The van der Waals surface area contributed by atoms with Crippen LogP contribution in [0.1, 0.15) is 24.1 Å². The Labute approximate surface area is 156 Å². The maximum absolute atomic E-state index is 12.3. The van der Waals surface area contributed by atoms with Crippen molar-refractivity contribution < 1.29 is 4.79 Å². The molecule has 1 amide bonds. The van der Waals surface area contributed by atoms with Gasteiger partial charge in [0.2, 0.25) is 5.91 Å². The van der Waals surface area contributed by atoms with Crippen molar-refractivity contribution >= 4 is 5.91 Å². The Morgan fingerprint density at radius 2 is 1.38 bits per heavy atom. The number of carbonyl (C=O) groups is 1. The summed E-state index contributed by atoms with van der Waals surface area (Å²) in [5, 5.41) is 0. The van der Waals surface area contributed by atoms with E-state index in [0.29, 0.717) is 0 Å². The fourth-order valence-corrected chi connectivity index (χ4v) is 3.44. The van der Waals surface area contributed by atoms with Crippen LogP contribution < -0.4 is 0 Å². The van der Waals surface area contributed by atoms with Gasteiger partial charge in [0.1, 0.15) is 0 Å². The molecule has 0 atom stereocenters. The van der Waals surface area contributed by atoms with Crippen LogP contribution in [0, 0.1) is 0 Å². The molecule has 0 saturated carbocycles. The van der Waals surface area contributed by atoms with Crippen LogP contribution in [-0.4, -0.2) is 41.9 Å². The van der Waals surface area contributed by atoms with E-state index in [0.717, 1.165) is 26.2 Å². The molecule has 3 rings (SSSR count). The molecular formula is C23H26N2O. The molecular weight excluding hydrogens is 320 g/mol. The molecule has 3 nitrogen and oxygen atoms in total. The predicted molar refractivity (Wildman–Crippen MR) is 107 cm³/mol. The first-order chi connectivity index (χ1) is 12.8. The number of rotatable bonds is 5. The molecule has 0 aliphatic carbocycles. The predicted octanol–water partition coefficient (Wildman–Crippen LogP) is 4.05. The second-order valence-electron chi connectivity index (χ2n) is 6.47. The van der Waals surface area contributed by atoms with E-state index in [-0.39, 0.29) is 11.9 Å². The number of piperazine rings is 1. The first-order valence-electron chi connectivity index (χ1n) is 9.22. The fourth-order valence-electron chi connectivity index (χ4n) is 3.44. The van der Waals surface area contributed by atoms with Gasteiger partial charge in [-0.25, -0.2) is 0 Å². The number of allylic oxidation sites excluding steroid dienone is 3. The molecule has 2 aromatic carbocycles. The molecule has 1 saturated heterocycles. The lowest BCUT2D eigenvalue weighted by molar-refractivity contribution is -0.127. The summed E-state index contributed by atoms with van der Waals surface area (Å²) in [6.07, 6.45) is 7.27. The minimum atomic E-state index is 0.0960. The number of hydrogen-bond donors (Lipinski definition) is 0. The van der Waals surface area contributed by atoms with Gasteiger partial charge >= 0.3 is 0 Å².